The summed E-state index contributed by atoms with van der Waals surface area (Å²) in [7, 11) is -3.53. The van der Waals surface area contributed by atoms with Crippen LogP contribution in [0.2, 0.25) is 0 Å². The molecule has 2 unspecified atom stereocenters. The van der Waals surface area contributed by atoms with Crippen molar-refractivity contribution >= 4 is 21.8 Å². The predicted octanol–water partition coefficient (Wildman–Crippen LogP) is 1.39. The molecule has 0 amide bonds. The first-order chi connectivity index (χ1) is 9.99. The van der Waals surface area contributed by atoms with Crippen molar-refractivity contribution in [3.63, 3.8) is 0 Å². The van der Waals surface area contributed by atoms with Crippen molar-refractivity contribution in [3.8, 4) is 0 Å². The fourth-order valence-electron chi connectivity index (χ4n) is 2.79. The Morgan fingerprint density at radius 2 is 2.19 bits per heavy atom. The summed E-state index contributed by atoms with van der Waals surface area (Å²) >= 11 is 1.74. The van der Waals surface area contributed by atoms with E-state index in [2.05, 4.69) is 20.2 Å². The predicted molar refractivity (Wildman–Crippen MR) is 86.0 cm³/mol. The maximum Gasteiger partial charge on any atom is 0.244 e. The second-order valence-electron chi connectivity index (χ2n) is 5.34. The van der Waals surface area contributed by atoms with E-state index in [0.29, 0.717) is 28.1 Å². The number of hydrogen-bond acceptors (Lipinski definition) is 5. The number of aromatic amines is 1. The summed E-state index contributed by atoms with van der Waals surface area (Å²) in [5.41, 5.74) is 1.15. The zero-order chi connectivity index (χ0) is 15.5. The van der Waals surface area contributed by atoms with Gasteiger partial charge < -0.3 is 5.32 Å². The number of aromatic nitrogens is 2. The van der Waals surface area contributed by atoms with Gasteiger partial charge in [-0.05, 0) is 32.6 Å². The summed E-state index contributed by atoms with van der Waals surface area (Å²) in [5, 5.41) is 10.4. The van der Waals surface area contributed by atoms with Crippen LogP contribution in [0.15, 0.2) is 4.90 Å². The topological polar surface area (TPSA) is 86.9 Å². The van der Waals surface area contributed by atoms with Crippen LogP contribution in [0.25, 0.3) is 0 Å². The molecule has 1 aliphatic rings. The number of sulfonamides is 1. The number of nitrogens with one attached hydrogen (secondary N) is 3. The Bertz CT molecular complexity index is 571. The zero-order valence-corrected chi connectivity index (χ0v) is 14.4. The molecule has 0 aliphatic heterocycles. The molecule has 1 aromatic heterocycles. The highest BCUT2D eigenvalue weighted by atomic mass is 32.2. The van der Waals surface area contributed by atoms with E-state index in [1.807, 2.05) is 13.2 Å². The van der Waals surface area contributed by atoms with E-state index >= 15 is 0 Å². The average molecular weight is 332 g/mol. The van der Waals surface area contributed by atoms with E-state index in [0.717, 1.165) is 25.8 Å². The molecule has 6 nitrogen and oxygen atoms in total. The minimum absolute atomic E-state index is 0.0197. The Hall–Kier alpha value is -0.570. The molecule has 0 aromatic carbocycles. The lowest BCUT2D eigenvalue weighted by molar-refractivity contribution is 0.552. The minimum atomic E-state index is -3.53. The second-order valence-corrected chi connectivity index (χ2v) is 8.07. The molecule has 0 bridgehead atoms. The summed E-state index contributed by atoms with van der Waals surface area (Å²) in [4.78, 5) is 0.301. The van der Waals surface area contributed by atoms with Crippen LogP contribution < -0.4 is 10.0 Å². The molecule has 8 heteroatoms. The average Bonchev–Trinajstić information content (AvgIpc) is 3.02. The summed E-state index contributed by atoms with van der Waals surface area (Å²) < 4.78 is 28.3. The van der Waals surface area contributed by atoms with Gasteiger partial charge >= 0.3 is 0 Å². The quantitative estimate of drug-likeness (QED) is 0.702. The molecule has 21 heavy (non-hydrogen) atoms. The number of aryl methyl sites for hydroxylation is 1. The van der Waals surface area contributed by atoms with Gasteiger partial charge in [0.05, 0.1) is 11.4 Å². The van der Waals surface area contributed by atoms with E-state index in [1.165, 1.54) is 0 Å². The first kappa shape index (κ1) is 16.8. The number of thioether (sulfide) groups is 1. The molecular weight excluding hydrogens is 308 g/mol. The fraction of sp³-hybridized carbons (Fsp3) is 0.769. The highest BCUT2D eigenvalue weighted by molar-refractivity contribution is 7.99. The van der Waals surface area contributed by atoms with Crippen molar-refractivity contribution in [2.45, 2.75) is 55.8 Å². The molecule has 3 N–H and O–H groups in total. The van der Waals surface area contributed by atoms with Gasteiger partial charge in [0.15, 0.2) is 0 Å². The van der Waals surface area contributed by atoms with Gasteiger partial charge in [-0.3, -0.25) is 5.10 Å². The molecule has 0 radical (unpaired) electrons. The first-order valence-electron chi connectivity index (χ1n) is 7.29. The Labute approximate surface area is 130 Å². The first-order valence-corrected chi connectivity index (χ1v) is 10.1. The van der Waals surface area contributed by atoms with Gasteiger partial charge in [0, 0.05) is 17.8 Å². The fourth-order valence-corrected chi connectivity index (χ4v) is 5.49. The van der Waals surface area contributed by atoms with Crippen molar-refractivity contribution in [1.29, 1.82) is 0 Å². The monoisotopic (exact) mass is 332 g/mol. The third-order valence-corrected chi connectivity index (χ3v) is 6.70. The Morgan fingerprint density at radius 3 is 2.86 bits per heavy atom. The van der Waals surface area contributed by atoms with Gasteiger partial charge in [0.1, 0.15) is 4.90 Å². The number of hydrogen-bond donors (Lipinski definition) is 3. The number of rotatable bonds is 7. The Morgan fingerprint density at radius 1 is 1.43 bits per heavy atom. The summed E-state index contributed by atoms with van der Waals surface area (Å²) in [6.07, 6.45) is 5.09. The van der Waals surface area contributed by atoms with Crippen molar-refractivity contribution in [2.24, 2.45) is 0 Å². The van der Waals surface area contributed by atoms with Gasteiger partial charge in [-0.1, -0.05) is 13.3 Å². The van der Waals surface area contributed by atoms with Crippen molar-refractivity contribution in [2.75, 3.05) is 12.8 Å². The lowest BCUT2D eigenvalue weighted by atomic mass is 10.3. The van der Waals surface area contributed by atoms with Crippen molar-refractivity contribution < 1.29 is 8.42 Å². The molecular formula is C13H24N4O2S2. The van der Waals surface area contributed by atoms with Crippen LogP contribution in [0, 0.1) is 6.92 Å². The zero-order valence-electron chi connectivity index (χ0n) is 12.8. The van der Waals surface area contributed by atoms with Crippen LogP contribution in [-0.4, -0.2) is 42.7 Å². The van der Waals surface area contributed by atoms with Crippen LogP contribution in [0.3, 0.4) is 0 Å². The maximum atomic E-state index is 12.7. The van der Waals surface area contributed by atoms with E-state index in [-0.39, 0.29) is 6.04 Å². The van der Waals surface area contributed by atoms with Crippen LogP contribution >= 0.6 is 11.8 Å². The van der Waals surface area contributed by atoms with Crippen LogP contribution in [0.1, 0.15) is 37.6 Å². The molecule has 1 fully saturated rings. The third-order valence-electron chi connectivity index (χ3n) is 3.83. The summed E-state index contributed by atoms with van der Waals surface area (Å²) in [6.45, 7) is 4.95. The minimum Gasteiger partial charge on any atom is -0.311 e. The van der Waals surface area contributed by atoms with E-state index in [4.69, 9.17) is 0 Å². The highest BCUT2D eigenvalue weighted by Gasteiger charge is 2.33. The molecule has 120 valence electrons. The Kier molecular flexibility index (Phi) is 5.70. The Balaban J connectivity index is 2.21. The summed E-state index contributed by atoms with van der Waals surface area (Å²) in [6, 6.07) is 0.0197. The lowest BCUT2D eigenvalue weighted by Crippen LogP contribution is -2.39. The largest absolute Gasteiger partial charge is 0.311 e. The smallest absolute Gasteiger partial charge is 0.244 e. The van der Waals surface area contributed by atoms with Gasteiger partial charge in [0.2, 0.25) is 10.0 Å². The van der Waals surface area contributed by atoms with Gasteiger partial charge in [-0.25, -0.2) is 13.1 Å². The van der Waals surface area contributed by atoms with E-state index in [9.17, 15) is 8.42 Å². The molecule has 1 heterocycles. The maximum absolute atomic E-state index is 12.7. The molecule has 2 atom stereocenters. The normalized spacial score (nSPS) is 22.8. The van der Waals surface area contributed by atoms with Gasteiger partial charge in [-0.2, -0.15) is 16.9 Å². The molecule has 1 aliphatic carbocycles. The molecule has 2 rings (SSSR count). The van der Waals surface area contributed by atoms with Crippen LogP contribution in [0.4, 0.5) is 0 Å². The van der Waals surface area contributed by atoms with E-state index in [1.54, 1.807) is 18.7 Å². The lowest BCUT2D eigenvalue weighted by Gasteiger charge is -2.19. The van der Waals surface area contributed by atoms with Gasteiger partial charge in [0.25, 0.3) is 0 Å². The second kappa shape index (κ2) is 7.13. The summed E-state index contributed by atoms with van der Waals surface area (Å²) in [5.74, 6) is 0. The number of H-pyrrole nitrogens is 1. The van der Waals surface area contributed by atoms with Crippen molar-refractivity contribution in [3.05, 3.63) is 11.4 Å². The van der Waals surface area contributed by atoms with Gasteiger partial charge in [-0.15, -0.1) is 0 Å². The molecule has 1 aromatic rings. The van der Waals surface area contributed by atoms with Crippen LogP contribution in [0.5, 0.6) is 0 Å². The standard InChI is InChI=1S/C13H24N4O2S2/c1-4-14-8-11-13(9(2)15-16-11)21(18,19)17-10-6-5-7-12(10)20-3/h10,12,14,17H,4-8H2,1-3H3,(H,15,16). The molecule has 1 saturated carbocycles. The SMILES string of the molecule is CCNCc1n[nH]c(C)c1S(=O)(=O)NC1CCCC1SC. The third kappa shape index (κ3) is 3.80. The highest BCUT2D eigenvalue weighted by Crippen LogP contribution is 2.30. The molecule has 0 spiro atoms. The van der Waals surface area contributed by atoms with Crippen LogP contribution in [-0.2, 0) is 16.6 Å². The number of nitrogens with zero attached hydrogens (tertiary/aromatic N) is 1. The molecule has 0 saturated heterocycles. The van der Waals surface area contributed by atoms with E-state index < -0.39 is 10.0 Å². The van der Waals surface area contributed by atoms with Crippen molar-refractivity contribution in [1.82, 2.24) is 20.2 Å².